The molecule has 0 saturated carbocycles. The zero-order chi connectivity index (χ0) is 42.0. The fraction of sp³-hybridized carbons (Fsp3) is 0.822. The van der Waals surface area contributed by atoms with Crippen LogP contribution in [0.15, 0.2) is 30.3 Å². The van der Waals surface area contributed by atoms with Crippen LogP contribution in [0.25, 0.3) is 0 Å². The third-order valence-corrected chi connectivity index (χ3v) is 10.2. The highest BCUT2D eigenvalue weighted by Crippen LogP contribution is 2.35. The number of amides is 1. The van der Waals surface area contributed by atoms with Crippen LogP contribution in [0.4, 0.5) is 0 Å². The summed E-state index contributed by atoms with van der Waals surface area (Å²) in [4.78, 5) is 26.8. The van der Waals surface area contributed by atoms with Gasteiger partial charge in [0, 0.05) is 46.6 Å². The maximum Gasteiger partial charge on any atom is 0.338 e. The first-order chi connectivity index (χ1) is 28.3. The average molecular weight is 824 g/mol. The van der Waals surface area contributed by atoms with E-state index < -0.39 is 67.3 Å². The molecule has 2 heterocycles. The molecule has 58 heavy (non-hydrogen) atoms. The lowest BCUT2D eigenvalue weighted by atomic mass is 9.94. The molecule has 10 atom stereocenters. The Labute approximate surface area is 349 Å². The maximum absolute atomic E-state index is 14.0. The van der Waals surface area contributed by atoms with E-state index in [1.165, 1.54) is 6.92 Å². The molecule has 2 fully saturated rings. The zero-order valence-corrected chi connectivity index (χ0v) is 36.7. The average Bonchev–Trinajstić information content (AvgIpc) is 3.22. The van der Waals surface area contributed by atoms with Gasteiger partial charge in [0.25, 0.3) is 0 Å². The summed E-state index contributed by atoms with van der Waals surface area (Å²) in [7, 11) is 0. The number of hydrogen-bond donors (Lipinski definition) is 1. The summed E-state index contributed by atoms with van der Waals surface area (Å²) in [6, 6.07) is 8.12. The first-order valence-corrected chi connectivity index (χ1v) is 22.4. The molecule has 13 nitrogen and oxygen atoms in total. The van der Waals surface area contributed by atoms with Crippen LogP contribution in [0.3, 0.4) is 0 Å². The molecule has 0 aliphatic carbocycles. The normalized spacial score (nSPS) is 27.4. The zero-order valence-electron chi connectivity index (χ0n) is 36.7. The topological polar surface area (TPSA) is 138 Å². The van der Waals surface area contributed by atoms with Crippen LogP contribution in [0, 0.1) is 0 Å². The monoisotopic (exact) mass is 824 g/mol. The molecule has 3 rings (SSSR count). The molecule has 2 aliphatic rings. The first kappa shape index (κ1) is 50.2. The summed E-state index contributed by atoms with van der Waals surface area (Å²) in [6.45, 7) is 17.3. The fourth-order valence-electron chi connectivity index (χ4n) is 6.82. The lowest BCUT2D eigenvalue weighted by Gasteiger charge is -2.50. The van der Waals surface area contributed by atoms with Crippen molar-refractivity contribution in [2.24, 2.45) is 0 Å². The Bertz CT molecular complexity index is 1210. The number of carbonyl (C=O) groups excluding carboxylic acids is 2. The van der Waals surface area contributed by atoms with Crippen LogP contribution < -0.4 is 5.32 Å². The van der Waals surface area contributed by atoms with Crippen molar-refractivity contribution in [1.82, 2.24) is 5.32 Å². The summed E-state index contributed by atoms with van der Waals surface area (Å²) in [5, 5.41) is 3.07. The molecule has 0 radical (unpaired) electrons. The molecule has 13 heteroatoms. The van der Waals surface area contributed by atoms with Gasteiger partial charge < -0.3 is 52.7 Å². The minimum Gasteiger partial charge on any atom is -0.450 e. The molecule has 2 aliphatic heterocycles. The second-order valence-corrected chi connectivity index (χ2v) is 15.3. The van der Waals surface area contributed by atoms with E-state index in [2.05, 4.69) is 46.9 Å². The van der Waals surface area contributed by atoms with E-state index in [1.54, 1.807) is 24.3 Å². The van der Waals surface area contributed by atoms with E-state index in [-0.39, 0.29) is 19.1 Å². The van der Waals surface area contributed by atoms with Gasteiger partial charge in [0.15, 0.2) is 18.7 Å². The summed E-state index contributed by atoms with van der Waals surface area (Å²) >= 11 is 0. The smallest absolute Gasteiger partial charge is 0.338 e. The Balaban J connectivity index is 2.16. The number of rotatable bonds is 31. The van der Waals surface area contributed by atoms with Crippen molar-refractivity contribution < 1.29 is 57.0 Å². The van der Waals surface area contributed by atoms with E-state index in [0.717, 1.165) is 77.0 Å². The Hall–Kier alpha value is -2.20. The SMILES string of the molecule is CCCCOCC1OC(OCCCC)C(NC(C)=O)C(OCCCC)C1OC1OC(COCCCC)C(OCCCC)C(OCCCC)C1OC(=O)c1ccccc1. The molecule has 334 valence electrons. The Morgan fingerprint density at radius 2 is 1.02 bits per heavy atom. The molecule has 10 unspecified atom stereocenters. The second-order valence-electron chi connectivity index (χ2n) is 15.3. The maximum atomic E-state index is 14.0. The molecule has 0 aromatic heterocycles. The van der Waals surface area contributed by atoms with Gasteiger partial charge in [-0.25, -0.2) is 4.79 Å². The van der Waals surface area contributed by atoms with Crippen LogP contribution in [0.1, 0.15) is 136 Å². The van der Waals surface area contributed by atoms with Crippen LogP contribution in [0.2, 0.25) is 0 Å². The van der Waals surface area contributed by atoms with Crippen LogP contribution in [0.5, 0.6) is 0 Å². The highest BCUT2D eigenvalue weighted by molar-refractivity contribution is 5.89. The minimum atomic E-state index is -1.18. The number of benzene rings is 1. The molecule has 1 N–H and O–H groups in total. The van der Waals surface area contributed by atoms with Crippen molar-refractivity contribution in [3.05, 3.63) is 35.9 Å². The van der Waals surface area contributed by atoms with E-state index in [1.807, 2.05) is 6.07 Å². The first-order valence-electron chi connectivity index (χ1n) is 22.4. The lowest BCUT2D eigenvalue weighted by Crippen LogP contribution is -2.69. The highest BCUT2D eigenvalue weighted by atomic mass is 16.8. The van der Waals surface area contributed by atoms with Crippen LogP contribution in [-0.2, 0) is 52.2 Å². The molecular weight excluding hydrogens is 746 g/mol. The van der Waals surface area contributed by atoms with E-state index in [0.29, 0.717) is 45.2 Å². The molecule has 1 aromatic rings. The summed E-state index contributed by atoms with van der Waals surface area (Å²) in [5.74, 6) is -0.810. The molecule has 2 saturated heterocycles. The van der Waals surface area contributed by atoms with Crippen molar-refractivity contribution >= 4 is 11.9 Å². The molecule has 0 bridgehead atoms. The van der Waals surface area contributed by atoms with Gasteiger partial charge in [0.1, 0.15) is 42.7 Å². The quantitative estimate of drug-likeness (QED) is 0.0585. The van der Waals surface area contributed by atoms with E-state index in [4.69, 9.17) is 47.4 Å². The van der Waals surface area contributed by atoms with Gasteiger partial charge in [0.2, 0.25) is 5.91 Å². The molecular formula is C45H77NO12. The summed E-state index contributed by atoms with van der Waals surface area (Å²) in [5.41, 5.74) is 0.379. The van der Waals surface area contributed by atoms with Crippen molar-refractivity contribution in [1.29, 1.82) is 0 Å². The van der Waals surface area contributed by atoms with Gasteiger partial charge in [-0.2, -0.15) is 0 Å². The van der Waals surface area contributed by atoms with E-state index >= 15 is 0 Å². The standard InChI is InChI=1S/C45H77NO12/c1-8-14-25-49-31-35-38(51-27-16-10-3)41(53-29-18-12-5)42(57-43(48)34-23-21-20-22-24-34)45(56-35)58-39-36(32-50-26-15-9-2)55-44(54-30-19-13-6)37(46-33(7)47)40(39)52-28-17-11-4/h20-24,35-42,44-45H,8-19,25-32H2,1-7H3,(H,46,47). The van der Waals surface area contributed by atoms with Crippen molar-refractivity contribution in [3.63, 3.8) is 0 Å². The molecule has 0 spiro atoms. The Morgan fingerprint density at radius 3 is 1.55 bits per heavy atom. The third-order valence-electron chi connectivity index (χ3n) is 10.2. The van der Waals surface area contributed by atoms with Crippen molar-refractivity contribution in [2.45, 2.75) is 187 Å². The van der Waals surface area contributed by atoms with Gasteiger partial charge in [0.05, 0.1) is 18.8 Å². The summed E-state index contributed by atoms with van der Waals surface area (Å²) < 4.78 is 65.8. The Morgan fingerprint density at radius 1 is 0.552 bits per heavy atom. The summed E-state index contributed by atoms with van der Waals surface area (Å²) in [6.07, 6.45) is 3.20. The highest BCUT2D eigenvalue weighted by Gasteiger charge is 2.55. The lowest BCUT2D eigenvalue weighted by molar-refractivity contribution is -0.357. The van der Waals surface area contributed by atoms with E-state index in [9.17, 15) is 9.59 Å². The minimum absolute atomic E-state index is 0.169. The third kappa shape index (κ3) is 17.0. The van der Waals surface area contributed by atoms with Gasteiger partial charge in [-0.1, -0.05) is 98.3 Å². The van der Waals surface area contributed by atoms with Crippen LogP contribution in [-0.4, -0.2) is 126 Å². The van der Waals surface area contributed by atoms with Crippen molar-refractivity contribution in [3.8, 4) is 0 Å². The van der Waals surface area contributed by atoms with Gasteiger partial charge in [-0.15, -0.1) is 0 Å². The largest absolute Gasteiger partial charge is 0.450 e. The predicted molar refractivity (Wildman–Crippen MR) is 222 cm³/mol. The number of hydrogen-bond acceptors (Lipinski definition) is 12. The number of esters is 1. The number of unbranched alkanes of at least 4 members (excludes halogenated alkanes) is 6. The van der Waals surface area contributed by atoms with Gasteiger partial charge in [-0.3, -0.25) is 4.79 Å². The second kappa shape index (κ2) is 29.9. The van der Waals surface area contributed by atoms with Gasteiger partial charge in [-0.05, 0) is 50.7 Å². The number of nitrogens with one attached hydrogen (secondary N) is 1. The Kier molecular flexibility index (Phi) is 25.9. The van der Waals surface area contributed by atoms with Crippen LogP contribution >= 0.6 is 0 Å². The number of ether oxygens (including phenoxy) is 10. The van der Waals surface area contributed by atoms with Crippen molar-refractivity contribution in [2.75, 3.05) is 52.9 Å². The van der Waals surface area contributed by atoms with Gasteiger partial charge >= 0.3 is 5.97 Å². The number of carbonyl (C=O) groups is 2. The molecule has 1 amide bonds. The predicted octanol–water partition coefficient (Wildman–Crippen LogP) is 7.56. The molecule has 1 aromatic carbocycles. The fourth-order valence-corrected chi connectivity index (χ4v) is 6.82.